The Morgan fingerprint density at radius 3 is 2.86 bits per heavy atom. The van der Waals surface area contributed by atoms with E-state index >= 15 is 0 Å². The highest BCUT2D eigenvalue weighted by Gasteiger charge is 2.19. The number of aryl methyl sites for hydroxylation is 2. The van der Waals surface area contributed by atoms with Crippen molar-refractivity contribution in [2.45, 2.75) is 27.4 Å². The zero-order valence-corrected chi connectivity index (χ0v) is 13.1. The molecule has 21 heavy (non-hydrogen) atoms. The molecule has 0 spiro atoms. The largest absolute Gasteiger partial charge is 0.493 e. The van der Waals surface area contributed by atoms with Crippen molar-refractivity contribution in [1.82, 2.24) is 14.6 Å². The molecule has 0 unspecified atom stereocenters. The zero-order chi connectivity index (χ0) is 15.0. The Balaban J connectivity index is 2.24. The minimum absolute atomic E-state index is 0.112. The first-order chi connectivity index (χ1) is 10.1. The lowest BCUT2D eigenvalue weighted by Gasteiger charge is -2.10. The monoisotopic (exact) mass is 303 g/mol. The number of imidazole rings is 1. The molecular weight excluding hydrogens is 286 g/mol. The maximum absolute atomic E-state index is 9.73. The molecule has 0 saturated carbocycles. The predicted molar refractivity (Wildman–Crippen MR) is 82.9 cm³/mol. The van der Waals surface area contributed by atoms with Gasteiger partial charge in [0.25, 0.3) is 0 Å². The number of hydrogen-bond acceptors (Lipinski definition) is 5. The van der Waals surface area contributed by atoms with Crippen LogP contribution in [0.3, 0.4) is 0 Å². The van der Waals surface area contributed by atoms with Gasteiger partial charge in [-0.25, -0.2) is 9.50 Å². The number of fused-ring (bicyclic) bond motifs is 1. The van der Waals surface area contributed by atoms with Crippen molar-refractivity contribution < 1.29 is 9.84 Å². The summed E-state index contributed by atoms with van der Waals surface area (Å²) in [7, 11) is 0. The quantitative estimate of drug-likeness (QED) is 0.805. The van der Waals surface area contributed by atoms with E-state index in [4.69, 9.17) is 4.74 Å². The lowest BCUT2D eigenvalue weighted by Crippen LogP contribution is -1.99. The molecule has 0 radical (unpaired) electrons. The SMILES string of the molecule is CCOc1ccc(C)cc1-c1nc2sc(C)nn2c1CO. The third-order valence-corrected chi connectivity index (χ3v) is 4.06. The summed E-state index contributed by atoms with van der Waals surface area (Å²) in [6, 6.07) is 5.98. The van der Waals surface area contributed by atoms with Gasteiger partial charge in [-0.15, -0.1) is 0 Å². The molecule has 3 aromatic rings. The fourth-order valence-electron chi connectivity index (χ4n) is 2.35. The van der Waals surface area contributed by atoms with Gasteiger partial charge in [0, 0.05) is 5.56 Å². The van der Waals surface area contributed by atoms with E-state index < -0.39 is 0 Å². The number of aromatic nitrogens is 3. The molecule has 0 bridgehead atoms. The molecule has 1 aromatic carbocycles. The van der Waals surface area contributed by atoms with E-state index in [1.807, 2.05) is 39.0 Å². The lowest BCUT2D eigenvalue weighted by molar-refractivity contribution is 0.274. The summed E-state index contributed by atoms with van der Waals surface area (Å²) in [5.74, 6) is 0.778. The zero-order valence-electron chi connectivity index (χ0n) is 12.3. The molecule has 0 amide bonds. The van der Waals surface area contributed by atoms with E-state index in [1.165, 1.54) is 11.3 Å². The van der Waals surface area contributed by atoms with E-state index in [2.05, 4.69) is 10.1 Å². The van der Waals surface area contributed by atoms with Crippen LogP contribution in [0.15, 0.2) is 18.2 Å². The van der Waals surface area contributed by atoms with Gasteiger partial charge in [0.05, 0.1) is 18.9 Å². The van der Waals surface area contributed by atoms with Crippen molar-refractivity contribution in [3.05, 3.63) is 34.5 Å². The molecule has 110 valence electrons. The highest BCUT2D eigenvalue weighted by molar-refractivity contribution is 7.16. The van der Waals surface area contributed by atoms with Crippen molar-refractivity contribution in [3.8, 4) is 17.0 Å². The molecule has 0 aliphatic rings. The topological polar surface area (TPSA) is 59.7 Å². The first-order valence-corrected chi connectivity index (χ1v) is 7.65. The molecule has 3 rings (SSSR count). The standard InChI is InChI=1S/C15H17N3O2S/c1-4-20-13-6-5-9(2)7-11(13)14-12(8-19)18-15(16-14)21-10(3)17-18/h5-7,19H,4,8H2,1-3H3. The molecule has 1 N–H and O–H groups in total. The Morgan fingerprint density at radius 1 is 1.33 bits per heavy atom. The van der Waals surface area contributed by atoms with Crippen molar-refractivity contribution in [2.75, 3.05) is 6.61 Å². The molecule has 2 aromatic heterocycles. The molecular formula is C15H17N3O2S. The predicted octanol–water partition coefficient (Wildman–Crippen LogP) is 2.97. The van der Waals surface area contributed by atoms with Gasteiger partial charge in [0.2, 0.25) is 4.96 Å². The molecule has 2 heterocycles. The Hall–Kier alpha value is -1.92. The first kappa shape index (κ1) is 14.0. The van der Waals surface area contributed by atoms with E-state index in [0.717, 1.165) is 32.5 Å². The van der Waals surface area contributed by atoms with Crippen LogP contribution < -0.4 is 4.74 Å². The van der Waals surface area contributed by atoms with E-state index in [-0.39, 0.29) is 6.61 Å². The Kier molecular flexibility index (Phi) is 3.65. The summed E-state index contributed by atoms with van der Waals surface area (Å²) < 4.78 is 7.41. The molecule has 5 nitrogen and oxygen atoms in total. The van der Waals surface area contributed by atoms with Gasteiger partial charge in [-0.3, -0.25) is 0 Å². The van der Waals surface area contributed by atoms with Gasteiger partial charge in [-0.05, 0) is 32.9 Å². The van der Waals surface area contributed by atoms with E-state index in [1.54, 1.807) is 4.52 Å². The van der Waals surface area contributed by atoms with Crippen LogP contribution in [0.25, 0.3) is 16.2 Å². The van der Waals surface area contributed by atoms with Gasteiger partial charge >= 0.3 is 0 Å². The number of nitrogens with zero attached hydrogens (tertiary/aromatic N) is 3. The summed E-state index contributed by atoms with van der Waals surface area (Å²) in [5, 5.41) is 15.1. The van der Waals surface area contributed by atoms with Crippen LogP contribution in [0, 0.1) is 13.8 Å². The van der Waals surface area contributed by atoms with Gasteiger partial charge in [-0.2, -0.15) is 5.10 Å². The third kappa shape index (κ3) is 2.41. The molecule has 0 aliphatic heterocycles. The first-order valence-electron chi connectivity index (χ1n) is 6.83. The smallest absolute Gasteiger partial charge is 0.213 e. The molecule has 0 atom stereocenters. The van der Waals surface area contributed by atoms with Gasteiger partial charge in [0.1, 0.15) is 16.5 Å². The molecule has 0 aliphatic carbocycles. The summed E-state index contributed by atoms with van der Waals surface area (Å²) in [4.78, 5) is 5.43. The average Bonchev–Trinajstić information content (AvgIpc) is 2.96. The second-order valence-corrected chi connectivity index (χ2v) is 5.97. The van der Waals surface area contributed by atoms with Crippen LogP contribution in [0.4, 0.5) is 0 Å². The van der Waals surface area contributed by atoms with Gasteiger partial charge in [-0.1, -0.05) is 23.0 Å². The van der Waals surface area contributed by atoms with Crippen LogP contribution >= 0.6 is 11.3 Å². The highest BCUT2D eigenvalue weighted by Crippen LogP contribution is 2.34. The van der Waals surface area contributed by atoms with Crippen molar-refractivity contribution >= 4 is 16.3 Å². The second kappa shape index (κ2) is 5.46. The normalized spacial score (nSPS) is 11.2. The van der Waals surface area contributed by atoms with Crippen LogP contribution in [0.5, 0.6) is 5.75 Å². The summed E-state index contributed by atoms with van der Waals surface area (Å²) in [5.41, 5.74) is 3.46. The number of ether oxygens (including phenoxy) is 1. The molecule has 6 heteroatoms. The molecule has 0 saturated heterocycles. The number of hydrogen-bond donors (Lipinski definition) is 1. The third-order valence-electron chi connectivity index (χ3n) is 3.24. The lowest BCUT2D eigenvalue weighted by atomic mass is 10.1. The maximum Gasteiger partial charge on any atom is 0.213 e. The van der Waals surface area contributed by atoms with Crippen molar-refractivity contribution in [1.29, 1.82) is 0 Å². The fourth-order valence-corrected chi connectivity index (χ4v) is 3.11. The van der Waals surface area contributed by atoms with Gasteiger partial charge < -0.3 is 9.84 Å². The van der Waals surface area contributed by atoms with E-state index in [0.29, 0.717) is 12.3 Å². The number of benzene rings is 1. The second-order valence-electron chi connectivity index (χ2n) is 4.81. The van der Waals surface area contributed by atoms with Crippen LogP contribution in [0.1, 0.15) is 23.2 Å². The number of aliphatic hydroxyl groups is 1. The maximum atomic E-state index is 9.73. The number of aliphatic hydroxyl groups excluding tert-OH is 1. The van der Waals surface area contributed by atoms with Crippen LogP contribution in [-0.4, -0.2) is 26.3 Å². The summed E-state index contributed by atoms with van der Waals surface area (Å²) in [6.45, 7) is 6.38. The van der Waals surface area contributed by atoms with Crippen molar-refractivity contribution in [2.24, 2.45) is 0 Å². The van der Waals surface area contributed by atoms with Gasteiger partial charge in [0.15, 0.2) is 0 Å². The van der Waals surface area contributed by atoms with Crippen molar-refractivity contribution in [3.63, 3.8) is 0 Å². The number of rotatable bonds is 4. The van der Waals surface area contributed by atoms with E-state index in [9.17, 15) is 5.11 Å². The Labute approximate surface area is 126 Å². The minimum atomic E-state index is -0.112. The average molecular weight is 303 g/mol. The summed E-state index contributed by atoms with van der Waals surface area (Å²) >= 11 is 1.51. The highest BCUT2D eigenvalue weighted by atomic mass is 32.1. The molecule has 0 fully saturated rings. The van der Waals surface area contributed by atoms with Crippen LogP contribution in [0.2, 0.25) is 0 Å². The fraction of sp³-hybridized carbons (Fsp3) is 0.333. The summed E-state index contributed by atoms with van der Waals surface area (Å²) in [6.07, 6.45) is 0. The van der Waals surface area contributed by atoms with Crippen LogP contribution in [-0.2, 0) is 6.61 Å². The Bertz CT molecular complexity index is 792. The minimum Gasteiger partial charge on any atom is -0.493 e. The Morgan fingerprint density at radius 2 is 2.14 bits per heavy atom.